The molecule has 0 radical (unpaired) electrons. The Bertz CT molecular complexity index is 594. The van der Waals surface area contributed by atoms with Gasteiger partial charge in [-0.15, -0.1) is 0 Å². The molecule has 0 saturated carbocycles. The number of benzene rings is 1. The summed E-state index contributed by atoms with van der Waals surface area (Å²) < 4.78 is 12.1. The molecule has 0 atom stereocenters. The van der Waals surface area contributed by atoms with Gasteiger partial charge in [0.25, 0.3) is 0 Å². The molecule has 0 bridgehead atoms. The van der Waals surface area contributed by atoms with E-state index in [0.717, 1.165) is 24.2 Å². The summed E-state index contributed by atoms with van der Waals surface area (Å²) in [4.78, 5) is 14.4. The van der Waals surface area contributed by atoms with Gasteiger partial charge in [-0.1, -0.05) is 18.6 Å². The zero-order chi connectivity index (χ0) is 18.1. The van der Waals surface area contributed by atoms with Crippen LogP contribution < -0.4 is 10.8 Å². The molecular formula is C19H29BN2O3. The molecule has 2 fully saturated rings. The molecule has 5 nitrogen and oxygen atoms in total. The number of amides is 1. The van der Waals surface area contributed by atoms with Crippen molar-refractivity contribution in [2.45, 2.75) is 58.2 Å². The Morgan fingerprint density at radius 1 is 1.04 bits per heavy atom. The fraction of sp³-hybridized carbons (Fsp3) is 0.632. The number of nitrogens with zero attached hydrogens (tertiary/aromatic N) is 1. The Hall–Kier alpha value is -1.37. The normalized spacial score (nSPS) is 22.8. The van der Waals surface area contributed by atoms with Gasteiger partial charge in [0.1, 0.15) is 0 Å². The number of likely N-dealkylation sites (tertiary alicyclic amines) is 1. The van der Waals surface area contributed by atoms with Gasteiger partial charge in [0.05, 0.1) is 17.7 Å². The lowest BCUT2D eigenvalue weighted by Crippen LogP contribution is -2.41. The summed E-state index contributed by atoms with van der Waals surface area (Å²) in [5.74, 6) is 0.0466. The summed E-state index contributed by atoms with van der Waals surface area (Å²) in [5, 5.41) is 2.98. The van der Waals surface area contributed by atoms with Crippen LogP contribution in [0.15, 0.2) is 24.3 Å². The van der Waals surface area contributed by atoms with Gasteiger partial charge < -0.3 is 14.6 Å². The van der Waals surface area contributed by atoms with Gasteiger partial charge in [0, 0.05) is 5.69 Å². The van der Waals surface area contributed by atoms with E-state index >= 15 is 0 Å². The topological polar surface area (TPSA) is 50.8 Å². The Morgan fingerprint density at radius 2 is 1.60 bits per heavy atom. The smallest absolute Gasteiger partial charge is 0.399 e. The standard InChI is InChI=1S/C19H29BN2O3/c1-18(2)19(3,4)25-20(24-18)15-8-10-16(11-9-15)21-17(23)14-22-12-6-5-7-13-22/h8-11H,5-7,12-14H2,1-4H3,(H,21,23). The van der Waals surface area contributed by atoms with E-state index < -0.39 is 0 Å². The number of rotatable bonds is 4. The molecule has 6 heteroatoms. The van der Waals surface area contributed by atoms with Crippen molar-refractivity contribution in [1.82, 2.24) is 4.90 Å². The Labute approximate surface area is 151 Å². The average molecular weight is 344 g/mol. The third-order valence-electron chi connectivity index (χ3n) is 5.54. The van der Waals surface area contributed by atoms with Gasteiger partial charge >= 0.3 is 7.12 Å². The van der Waals surface area contributed by atoms with Crippen molar-refractivity contribution >= 4 is 24.2 Å². The predicted molar refractivity (Wildman–Crippen MR) is 101 cm³/mol. The maximum atomic E-state index is 12.2. The molecule has 2 aliphatic heterocycles. The number of carbonyl (C=O) groups excluding carboxylic acids is 1. The molecule has 2 aliphatic rings. The molecule has 136 valence electrons. The lowest BCUT2D eigenvalue weighted by atomic mass is 9.79. The summed E-state index contributed by atoms with van der Waals surface area (Å²) in [5.41, 5.74) is 1.08. The van der Waals surface area contributed by atoms with Crippen LogP contribution in [0, 0.1) is 0 Å². The molecule has 0 spiro atoms. The van der Waals surface area contributed by atoms with Gasteiger partial charge in [-0.2, -0.15) is 0 Å². The largest absolute Gasteiger partial charge is 0.494 e. The summed E-state index contributed by atoms with van der Waals surface area (Å²) in [6.07, 6.45) is 3.66. The first-order valence-electron chi connectivity index (χ1n) is 9.25. The van der Waals surface area contributed by atoms with Gasteiger partial charge in [-0.3, -0.25) is 9.69 Å². The maximum absolute atomic E-state index is 12.2. The molecule has 0 aliphatic carbocycles. The van der Waals surface area contributed by atoms with Crippen molar-refractivity contribution in [2.75, 3.05) is 25.0 Å². The van der Waals surface area contributed by atoms with E-state index in [0.29, 0.717) is 6.54 Å². The van der Waals surface area contributed by atoms with E-state index in [2.05, 4.69) is 10.2 Å². The highest BCUT2D eigenvalue weighted by molar-refractivity contribution is 6.62. The second-order valence-electron chi connectivity index (χ2n) is 8.10. The number of piperidine rings is 1. The minimum Gasteiger partial charge on any atom is -0.399 e. The Balaban J connectivity index is 1.56. The SMILES string of the molecule is CC1(C)OB(c2ccc(NC(=O)CN3CCCCC3)cc2)OC1(C)C. The number of hydrogen-bond acceptors (Lipinski definition) is 4. The van der Waals surface area contributed by atoms with E-state index in [1.807, 2.05) is 52.0 Å². The molecule has 1 aromatic rings. The van der Waals surface area contributed by atoms with Gasteiger partial charge in [0.2, 0.25) is 5.91 Å². The van der Waals surface area contributed by atoms with E-state index in [4.69, 9.17) is 9.31 Å². The molecule has 1 amide bonds. The van der Waals surface area contributed by atoms with Gasteiger partial charge in [0.15, 0.2) is 0 Å². The first-order valence-corrected chi connectivity index (χ1v) is 9.25. The number of carbonyl (C=O) groups is 1. The van der Waals surface area contributed by atoms with Gasteiger partial charge in [-0.05, 0) is 71.2 Å². The van der Waals surface area contributed by atoms with Crippen LogP contribution in [0.1, 0.15) is 47.0 Å². The summed E-state index contributed by atoms with van der Waals surface area (Å²) in [6.45, 7) is 10.7. The molecule has 2 saturated heterocycles. The molecule has 25 heavy (non-hydrogen) atoms. The van der Waals surface area contributed by atoms with Crippen molar-refractivity contribution in [3.8, 4) is 0 Å². The van der Waals surface area contributed by atoms with Crippen molar-refractivity contribution < 1.29 is 14.1 Å². The minimum absolute atomic E-state index is 0.0466. The van der Waals surface area contributed by atoms with Crippen LogP contribution in [0.5, 0.6) is 0 Å². The van der Waals surface area contributed by atoms with Crippen LogP contribution in [0.2, 0.25) is 0 Å². The Kier molecular flexibility index (Phi) is 5.23. The quantitative estimate of drug-likeness (QED) is 0.853. The monoisotopic (exact) mass is 344 g/mol. The molecule has 2 heterocycles. The van der Waals surface area contributed by atoms with Crippen LogP contribution in [-0.4, -0.2) is 48.8 Å². The molecule has 0 aromatic heterocycles. The van der Waals surface area contributed by atoms with Crippen LogP contribution >= 0.6 is 0 Å². The Morgan fingerprint density at radius 3 is 2.16 bits per heavy atom. The van der Waals surface area contributed by atoms with E-state index in [1.54, 1.807) is 0 Å². The second kappa shape index (κ2) is 7.10. The molecule has 0 unspecified atom stereocenters. The summed E-state index contributed by atoms with van der Waals surface area (Å²) in [6, 6.07) is 7.74. The molecule has 1 N–H and O–H groups in total. The molecular weight excluding hydrogens is 315 g/mol. The molecule has 1 aromatic carbocycles. The predicted octanol–water partition coefficient (Wildman–Crippen LogP) is 2.41. The number of nitrogens with one attached hydrogen (secondary N) is 1. The third kappa shape index (κ3) is 4.25. The lowest BCUT2D eigenvalue weighted by Gasteiger charge is -2.32. The van der Waals surface area contributed by atoms with Crippen LogP contribution in [-0.2, 0) is 14.1 Å². The summed E-state index contributed by atoms with van der Waals surface area (Å²) >= 11 is 0. The zero-order valence-electron chi connectivity index (χ0n) is 15.8. The second-order valence-corrected chi connectivity index (χ2v) is 8.10. The third-order valence-corrected chi connectivity index (χ3v) is 5.54. The van der Waals surface area contributed by atoms with Crippen molar-refractivity contribution in [3.63, 3.8) is 0 Å². The van der Waals surface area contributed by atoms with Crippen molar-refractivity contribution in [2.24, 2.45) is 0 Å². The lowest BCUT2D eigenvalue weighted by molar-refractivity contribution is -0.117. The van der Waals surface area contributed by atoms with E-state index in [9.17, 15) is 4.79 Å². The highest BCUT2D eigenvalue weighted by Gasteiger charge is 2.51. The van der Waals surface area contributed by atoms with Crippen LogP contribution in [0.25, 0.3) is 0 Å². The maximum Gasteiger partial charge on any atom is 0.494 e. The fourth-order valence-corrected chi connectivity index (χ4v) is 3.22. The van der Waals surface area contributed by atoms with Crippen LogP contribution in [0.3, 0.4) is 0 Å². The highest BCUT2D eigenvalue weighted by Crippen LogP contribution is 2.36. The first-order chi connectivity index (χ1) is 11.8. The van der Waals surface area contributed by atoms with Gasteiger partial charge in [-0.25, -0.2) is 0 Å². The average Bonchev–Trinajstić information content (AvgIpc) is 2.77. The number of anilines is 1. The fourth-order valence-electron chi connectivity index (χ4n) is 3.22. The zero-order valence-corrected chi connectivity index (χ0v) is 15.8. The minimum atomic E-state index is -0.372. The van der Waals surface area contributed by atoms with Crippen molar-refractivity contribution in [1.29, 1.82) is 0 Å². The first kappa shape index (κ1) is 18.4. The van der Waals surface area contributed by atoms with Crippen LogP contribution in [0.4, 0.5) is 5.69 Å². The molecule has 3 rings (SSSR count). The van der Waals surface area contributed by atoms with Crippen molar-refractivity contribution in [3.05, 3.63) is 24.3 Å². The summed E-state index contributed by atoms with van der Waals surface area (Å²) in [7, 11) is -0.372. The highest BCUT2D eigenvalue weighted by atomic mass is 16.7. The number of hydrogen-bond donors (Lipinski definition) is 1. The van der Waals surface area contributed by atoms with E-state index in [-0.39, 0.29) is 24.2 Å². The van der Waals surface area contributed by atoms with E-state index in [1.165, 1.54) is 19.3 Å².